The molecule has 28 heavy (non-hydrogen) atoms. The van der Waals surface area contributed by atoms with E-state index in [4.69, 9.17) is 4.74 Å². The number of hydrogen-bond acceptors (Lipinski definition) is 5. The minimum Gasteiger partial charge on any atom is -0.496 e. The molecule has 0 saturated heterocycles. The molecule has 0 aliphatic heterocycles. The lowest BCUT2D eigenvalue weighted by Gasteiger charge is -2.09. The van der Waals surface area contributed by atoms with E-state index in [-0.39, 0.29) is 17.4 Å². The molecule has 0 aliphatic rings. The van der Waals surface area contributed by atoms with E-state index < -0.39 is 0 Å². The molecule has 0 saturated carbocycles. The molecule has 144 valence electrons. The maximum Gasteiger partial charge on any atom is 0.272 e. The Morgan fingerprint density at radius 3 is 2.54 bits per heavy atom. The smallest absolute Gasteiger partial charge is 0.272 e. The summed E-state index contributed by atoms with van der Waals surface area (Å²) in [4.78, 5) is 12.1. The third-order valence-corrected chi connectivity index (χ3v) is 4.16. The number of carbonyl (C=O) groups is 1. The molecule has 3 rings (SSSR count). The normalized spacial score (nSPS) is 10.4. The fourth-order valence-electron chi connectivity index (χ4n) is 2.66. The summed E-state index contributed by atoms with van der Waals surface area (Å²) in [7, 11) is 1.65. The van der Waals surface area contributed by atoms with Crippen LogP contribution >= 0.6 is 0 Å². The van der Waals surface area contributed by atoms with E-state index in [9.17, 15) is 9.18 Å². The third kappa shape index (κ3) is 5.26. The second kappa shape index (κ2) is 9.45. The first-order valence-electron chi connectivity index (χ1n) is 8.88. The minimum atomic E-state index is -0.336. The molecule has 2 N–H and O–H groups in total. The van der Waals surface area contributed by atoms with Crippen LogP contribution in [0, 0.1) is 5.82 Å². The molecule has 0 fully saturated rings. The van der Waals surface area contributed by atoms with Gasteiger partial charge >= 0.3 is 0 Å². The van der Waals surface area contributed by atoms with Crippen LogP contribution in [0.3, 0.4) is 0 Å². The SMILES string of the molecule is COc1ccccc1CCNc1ccc(C(=O)NCc2ccc(F)cc2)nn1. The Kier molecular flexibility index (Phi) is 6.51. The van der Waals surface area contributed by atoms with Gasteiger partial charge < -0.3 is 15.4 Å². The predicted octanol–water partition coefficient (Wildman–Crippen LogP) is 3.21. The highest BCUT2D eigenvalue weighted by molar-refractivity contribution is 5.92. The molecule has 7 heteroatoms. The van der Waals surface area contributed by atoms with Crippen molar-refractivity contribution >= 4 is 11.7 Å². The molecule has 6 nitrogen and oxygen atoms in total. The number of ether oxygens (including phenoxy) is 1. The predicted molar refractivity (Wildman–Crippen MR) is 105 cm³/mol. The summed E-state index contributed by atoms with van der Waals surface area (Å²) in [5, 5.41) is 13.9. The molecule has 0 atom stereocenters. The molecule has 0 aliphatic carbocycles. The monoisotopic (exact) mass is 380 g/mol. The van der Waals surface area contributed by atoms with Gasteiger partial charge in [0.05, 0.1) is 7.11 Å². The highest BCUT2D eigenvalue weighted by atomic mass is 19.1. The summed E-state index contributed by atoms with van der Waals surface area (Å²) in [6, 6.07) is 17.1. The van der Waals surface area contributed by atoms with E-state index >= 15 is 0 Å². The average Bonchev–Trinajstić information content (AvgIpc) is 2.74. The molecular weight excluding hydrogens is 359 g/mol. The number of para-hydroxylation sites is 1. The van der Waals surface area contributed by atoms with Gasteiger partial charge in [0.1, 0.15) is 17.4 Å². The fraction of sp³-hybridized carbons (Fsp3) is 0.190. The molecule has 1 amide bonds. The van der Waals surface area contributed by atoms with Crippen LogP contribution in [0.25, 0.3) is 0 Å². The molecule has 0 unspecified atom stereocenters. The Labute approximate surface area is 162 Å². The zero-order chi connectivity index (χ0) is 19.8. The fourth-order valence-corrected chi connectivity index (χ4v) is 2.66. The second-order valence-electron chi connectivity index (χ2n) is 6.10. The van der Waals surface area contributed by atoms with E-state index in [1.54, 1.807) is 31.4 Å². The van der Waals surface area contributed by atoms with Gasteiger partial charge in [0.25, 0.3) is 5.91 Å². The maximum atomic E-state index is 12.9. The first-order chi connectivity index (χ1) is 13.7. The summed E-state index contributed by atoms with van der Waals surface area (Å²) < 4.78 is 18.2. The van der Waals surface area contributed by atoms with Crippen LogP contribution in [-0.4, -0.2) is 29.8 Å². The highest BCUT2D eigenvalue weighted by Gasteiger charge is 2.08. The lowest BCUT2D eigenvalue weighted by Crippen LogP contribution is -2.24. The molecule has 1 aromatic heterocycles. The van der Waals surface area contributed by atoms with Crippen LogP contribution in [0.5, 0.6) is 5.75 Å². The molecule has 2 aromatic carbocycles. The summed E-state index contributed by atoms with van der Waals surface area (Å²) in [5.74, 6) is 0.792. The number of methoxy groups -OCH3 is 1. The Morgan fingerprint density at radius 2 is 1.82 bits per heavy atom. The first kappa shape index (κ1) is 19.3. The number of amides is 1. The summed E-state index contributed by atoms with van der Waals surface area (Å²) in [5.41, 5.74) is 2.12. The third-order valence-electron chi connectivity index (χ3n) is 4.16. The van der Waals surface area contributed by atoms with Crippen molar-refractivity contribution in [2.75, 3.05) is 19.0 Å². The van der Waals surface area contributed by atoms with E-state index in [2.05, 4.69) is 20.8 Å². The summed E-state index contributed by atoms with van der Waals surface area (Å²) in [6.45, 7) is 0.949. The Balaban J connectivity index is 1.48. The Hall–Kier alpha value is -3.48. The van der Waals surface area contributed by atoms with Crippen LogP contribution in [0.1, 0.15) is 21.6 Å². The number of halogens is 1. The van der Waals surface area contributed by atoms with Gasteiger partial charge in [-0.1, -0.05) is 30.3 Å². The zero-order valence-corrected chi connectivity index (χ0v) is 15.5. The van der Waals surface area contributed by atoms with Gasteiger partial charge in [-0.2, -0.15) is 0 Å². The van der Waals surface area contributed by atoms with Gasteiger partial charge in [0, 0.05) is 13.1 Å². The van der Waals surface area contributed by atoms with Crippen molar-refractivity contribution in [3.63, 3.8) is 0 Å². The van der Waals surface area contributed by atoms with Crippen molar-refractivity contribution < 1.29 is 13.9 Å². The summed E-state index contributed by atoms with van der Waals surface area (Å²) >= 11 is 0. The molecular formula is C21H21FN4O2. The van der Waals surface area contributed by atoms with E-state index in [0.717, 1.165) is 23.3 Å². The number of rotatable bonds is 8. The van der Waals surface area contributed by atoms with Crippen molar-refractivity contribution in [2.24, 2.45) is 0 Å². The molecule has 0 spiro atoms. The molecule has 1 heterocycles. The average molecular weight is 380 g/mol. The van der Waals surface area contributed by atoms with Crippen LogP contribution < -0.4 is 15.4 Å². The van der Waals surface area contributed by atoms with Crippen molar-refractivity contribution in [3.8, 4) is 5.75 Å². The van der Waals surface area contributed by atoms with Gasteiger partial charge in [0.2, 0.25) is 0 Å². The number of aromatic nitrogens is 2. The van der Waals surface area contributed by atoms with Crippen LogP contribution in [0.2, 0.25) is 0 Å². The van der Waals surface area contributed by atoms with Gasteiger partial charge in [-0.05, 0) is 47.9 Å². The van der Waals surface area contributed by atoms with E-state index in [1.165, 1.54) is 12.1 Å². The lowest BCUT2D eigenvalue weighted by molar-refractivity contribution is 0.0945. The van der Waals surface area contributed by atoms with Gasteiger partial charge in [0.15, 0.2) is 5.69 Å². The zero-order valence-electron chi connectivity index (χ0n) is 15.5. The number of anilines is 1. The quantitative estimate of drug-likeness (QED) is 0.628. The number of nitrogens with one attached hydrogen (secondary N) is 2. The van der Waals surface area contributed by atoms with E-state index in [1.807, 2.05) is 24.3 Å². The number of hydrogen-bond donors (Lipinski definition) is 2. The van der Waals surface area contributed by atoms with E-state index in [0.29, 0.717) is 18.9 Å². The Bertz CT molecular complexity index is 914. The second-order valence-corrected chi connectivity index (χ2v) is 6.10. The van der Waals surface area contributed by atoms with Crippen molar-refractivity contribution in [1.82, 2.24) is 15.5 Å². The van der Waals surface area contributed by atoms with Crippen LogP contribution in [0.4, 0.5) is 10.2 Å². The number of carbonyl (C=O) groups excluding carboxylic acids is 1. The molecule has 0 bridgehead atoms. The molecule has 3 aromatic rings. The largest absolute Gasteiger partial charge is 0.496 e. The lowest BCUT2D eigenvalue weighted by atomic mass is 10.1. The van der Waals surface area contributed by atoms with Crippen molar-refractivity contribution in [2.45, 2.75) is 13.0 Å². The number of nitrogens with zero attached hydrogens (tertiary/aromatic N) is 2. The van der Waals surface area contributed by atoms with Crippen molar-refractivity contribution in [1.29, 1.82) is 0 Å². The summed E-state index contributed by atoms with van der Waals surface area (Å²) in [6.07, 6.45) is 0.769. The Morgan fingerprint density at radius 1 is 1.04 bits per heavy atom. The topological polar surface area (TPSA) is 76.1 Å². The van der Waals surface area contributed by atoms with Gasteiger partial charge in [-0.15, -0.1) is 10.2 Å². The van der Waals surface area contributed by atoms with Crippen molar-refractivity contribution in [3.05, 3.63) is 83.3 Å². The highest BCUT2D eigenvalue weighted by Crippen LogP contribution is 2.17. The first-order valence-corrected chi connectivity index (χ1v) is 8.88. The van der Waals surface area contributed by atoms with Crippen LogP contribution in [0.15, 0.2) is 60.7 Å². The van der Waals surface area contributed by atoms with Gasteiger partial charge in [-0.3, -0.25) is 4.79 Å². The number of benzene rings is 2. The van der Waals surface area contributed by atoms with Crippen LogP contribution in [-0.2, 0) is 13.0 Å². The standard InChI is InChI=1S/C21H21FN4O2/c1-28-19-5-3-2-4-16(19)12-13-23-20-11-10-18(25-26-20)21(27)24-14-15-6-8-17(22)9-7-15/h2-11H,12-14H2,1H3,(H,23,26)(H,24,27). The molecule has 0 radical (unpaired) electrons. The van der Waals surface area contributed by atoms with Gasteiger partial charge in [-0.25, -0.2) is 4.39 Å². The maximum absolute atomic E-state index is 12.9. The minimum absolute atomic E-state index is 0.220.